The Labute approximate surface area is 148 Å². The zero-order valence-corrected chi connectivity index (χ0v) is 14.3. The number of aromatic nitrogens is 6. The van der Waals surface area contributed by atoms with Crippen LogP contribution in [0, 0.1) is 0 Å². The fourth-order valence-corrected chi connectivity index (χ4v) is 2.98. The Bertz CT molecular complexity index is 1010. The summed E-state index contributed by atoms with van der Waals surface area (Å²) >= 11 is 6.38. The Balaban J connectivity index is 1.88. The predicted molar refractivity (Wildman–Crippen MR) is 94.8 cm³/mol. The van der Waals surface area contributed by atoms with E-state index >= 15 is 0 Å². The van der Waals surface area contributed by atoms with Crippen molar-refractivity contribution in [2.45, 2.75) is 6.54 Å². The summed E-state index contributed by atoms with van der Waals surface area (Å²) in [6, 6.07) is 3.85. The van der Waals surface area contributed by atoms with E-state index in [2.05, 4.69) is 20.1 Å². The molecule has 126 valence electrons. The van der Waals surface area contributed by atoms with Gasteiger partial charge in [0.2, 0.25) is 0 Å². The summed E-state index contributed by atoms with van der Waals surface area (Å²) in [4.78, 5) is 12.7. The van der Waals surface area contributed by atoms with Crippen molar-refractivity contribution in [2.75, 3.05) is 13.7 Å². The standard InChI is InChI=1S/C17H15ClN6O/c1-25-6-5-23-9-12(7-22-23)14-10-24(13-3-2-4-19-8-13)17-15(14)16(18)20-11-21-17/h2-4,7-11H,5-6H2,1H3. The molecule has 0 amide bonds. The number of nitrogens with zero attached hydrogens (tertiary/aromatic N) is 6. The molecule has 0 atom stereocenters. The van der Waals surface area contributed by atoms with Crippen LogP contribution in [-0.4, -0.2) is 43.0 Å². The lowest BCUT2D eigenvalue weighted by atomic mass is 10.1. The first-order valence-corrected chi connectivity index (χ1v) is 8.09. The minimum Gasteiger partial charge on any atom is -0.383 e. The van der Waals surface area contributed by atoms with Crippen LogP contribution in [0.5, 0.6) is 0 Å². The third-order valence-electron chi connectivity index (χ3n) is 3.93. The molecule has 0 aliphatic carbocycles. The second-order valence-corrected chi connectivity index (χ2v) is 5.83. The van der Waals surface area contributed by atoms with Crippen LogP contribution in [-0.2, 0) is 11.3 Å². The fourth-order valence-electron chi connectivity index (χ4n) is 2.75. The van der Waals surface area contributed by atoms with Crippen molar-refractivity contribution in [3.8, 4) is 16.8 Å². The third kappa shape index (κ3) is 2.88. The van der Waals surface area contributed by atoms with Gasteiger partial charge in [-0.05, 0) is 12.1 Å². The highest BCUT2D eigenvalue weighted by atomic mass is 35.5. The van der Waals surface area contributed by atoms with E-state index in [9.17, 15) is 0 Å². The molecule has 0 spiro atoms. The molecule has 4 heterocycles. The number of ether oxygens (including phenoxy) is 1. The van der Waals surface area contributed by atoms with Gasteiger partial charge in [0, 0.05) is 36.8 Å². The molecular formula is C17H15ClN6O. The number of methoxy groups -OCH3 is 1. The summed E-state index contributed by atoms with van der Waals surface area (Å²) in [6.45, 7) is 1.28. The molecule has 0 N–H and O–H groups in total. The predicted octanol–water partition coefficient (Wildman–Crippen LogP) is 2.98. The number of hydrogen-bond acceptors (Lipinski definition) is 5. The summed E-state index contributed by atoms with van der Waals surface area (Å²) in [5.74, 6) is 0. The van der Waals surface area contributed by atoms with Gasteiger partial charge in [0.05, 0.1) is 36.6 Å². The van der Waals surface area contributed by atoms with Crippen LogP contribution in [0.4, 0.5) is 0 Å². The summed E-state index contributed by atoms with van der Waals surface area (Å²) in [7, 11) is 1.67. The molecule has 0 fully saturated rings. The molecule has 25 heavy (non-hydrogen) atoms. The smallest absolute Gasteiger partial charge is 0.150 e. The van der Waals surface area contributed by atoms with E-state index in [0.29, 0.717) is 18.3 Å². The second kappa shape index (κ2) is 6.62. The lowest BCUT2D eigenvalue weighted by Crippen LogP contribution is -2.03. The van der Waals surface area contributed by atoms with E-state index in [1.165, 1.54) is 6.33 Å². The molecule has 0 aliphatic heterocycles. The maximum Gasteiger partial charge on any atom is 0.150 e. The SMILES string of the molecule is COCCn1cc(-c2cn(-c3cccnc3)c3ncnc(Cl)c23)cn1. The maximum absolute atomic E-state index is 6.38. The van der Waals surface area contributed by atoms with Crippen molar-refractivity contribution >= 4 is 22.6 Å². The zero-order valence-electron chi connectivity index (χ0n) is 13.5. The van der Waals surface area contributed by atoms with Crippen molar-refractivity contribution in [2.24, 2.45) is 0 Å². The highest BCUT2D eigenvalue weighted by Gasteiger charge is 2.17. The monoisotopic (exact) mass is 354 g/mol. The number of hydrogen-bond donors (Lipinski definition) is 0. The third-order valence-corrected chi connectivity index (χ3v) is 4.22. The Morgan fingerprint density at radius 1 is 1.20 bits per heavy atom. The molecule has 4 rings (SSSR count). The number of halogens is 1. The van der Waals surface area contributed by atoms with E-state index < -0.39 is 0 Å². The number of pyridine rings is 1. The topological polar surface area (TPSA) is 70.7 Å². The van der Waals surface area contributed by atoms with Gasteiger partial charge in [-0.3, -0.25) is 14.2 Å². The van der Waals surface area contributed by atoms with Gasteiger partial charge in [-0.1, -0.05) is 11.6 Å². The first kappa shape index (κ1) is 15.7. The van der Waals surface area contributed by atoms with Gasteiger partial charge in [-0.2, -0.15) is 5.10 Å². The van der Waals surface area contributed by atoms with Crippen LogP contribution < -0.4 is 0 Å². The molecule has 8 heteroatoms. The van der Waals surface area contributed by atoms with Crippen molar-refractivity contribution in [3.63, 3.8) is 0 Å². The van der Waals surface area contributed by atoms with Crippen LogP contribution >= 0.6 is 11.6 Å². The quantitative estimate of drug-likeness (QED) is 0.515. The summed E-state index contributed by atoms with van der Waals surface area (Å²) in [5, 5.41) is 5.58. The average molecular weight is 355 g/mol. The Morgan fingerprint density at radius 2 is 2.12 bits per heavy atom. The van der Waals surface area contributed by atoms with E-state index in [1.807, 2.05) is 33.8 Å². The first-order chi connectivity index (χ1) is 12.3. The molecular weight excluding hydrogens is 340 g/mol. The molecule has 7 nitrogen and oxygen atoms in total. The summed E-state index contributed by atoms with van der Waals surface area (Å²) in [6.07, 6.45) is 10.7. The summed E-state index contributed by atoms with van der Waals surface area (Å²) in [5.41, 5.74) is 3.50. The number of rotatable bonds is 5. The van der Waals surface area contributed by atoms with E-state index in [4.69, 9.17) is 16.3 Å². The Hall–Kier alpha value is -2.77. The van der Waals surface area contributed by atoms with Crippen LogP contribution in [0.25, 0.3) is 27.8 Å². The van der Waals surface area contributed by atoms with E-state index in [1.54, 1.807) is 25.7 Å². The average Bonchev–Trinajstić information content (AvgIpc) is 3.26. The van der Waals surface area contributed by atoms with Crippen LogP contribution in [0.2, 0.25) is 5.15 Å². The molecule has 0 bridgehead atoms. The van der Waals surface area contributed by atoms with Crippen molar-refractivity contribution < 1.29 is 4.74 Å². The zero-order chi connectivity index (χ0) is 17.2. The highest BCUT2D eigenvalue weighted by Crippen LogP contribution is 2.34. The Morgan fingerprint density at radius 3 is 2.92 bits per heavy atom. The van der Waals surface area contributed by atoms with Gasteiger partial charge in [0.15, 0.2) is 0 Å². The van der Waals surface area contributed by atoms with Gasteiger partial charge in [0.25, 0.3) is 0 Å². The van der Waals surface area contributed by atoms with Gasteiger partial charge in [-0.15, -0.1) is 0 Å². The van der Waals surface area contributed by atoms with Gasteiger partial charge in [0.1, 0.15) is 17.1 Å². The van der Waals surface area contributed by atoms with E-state index in [0.717, 1.165) is 27.8 Å². The van der Waals surface area contributed by atoms with Gasteiger partial charge < -0.3 is 4.74 Å². The molecule has 4 aromatic heterocycles. The maximum atomic E-state index is 6.38. The molecule has 0 aliphatic rings. The first-order valence-electron chi connectivity index (χ1n) is 7.71. The molecule has 0 aromatic carbocycles. The largest absolute Gasteiger partial charge is 0.383 e. The minimum atomic E-state index is 0.410. The molecule has 4 aromatic rings. The van der Waals surface area contributed by atoms with Crippen LogP contribution in [0.1, 0.15) is 0 Å². The molecule has 0 saturated carbocycles. The molecule has 0 saturated heterocycles. The normalized spacial score (nSPS) is 11.3. The van der Waals surface area contributed by atoms with E-state index in [-0.39, 0.29) is 0 Å². The minimum absolute atomic E-state index is 0.410. The highest BCUT2D eigenvalue weighted by molar-refractivity contribution is 6.35. The molecule has 0 unspecified atom stereocenters. The van der Waals surface area contributed by atoms with Gasteiger partial charge >= 0.3 is 0 Å². The molecule has 0 radical (unpaired) electrons. The van der Waals surface area contributed by atoms with Crippen molar-refractivity contribution in [3.05, 3.63) is 54.6 Å². The lowest BCUT2D eigenvalue weighted by Gasteiger charge is -2.02. The number of fused-ring (bicyclic) bond motifs is 1. The van der Waals surface area contributed by atoms with Crippen LogP contribution in [0.15, 0.2) is 49.4 Å². The fraction of sp³-hybridized carbons (Fsp3) is 0.176. The summed E-state index contributed by atoms with van der Waals surface area (Å²) < 4.78 is 8.89. The Kier molecular flexibility index (Phi) is 4.17. The van der Waals surface area contributed by atoms with Crippen LogP contribution in [0.3, 0.4) is 0 Å². The van der Waals surface area contributed by atoms with Crippen molar-refractivity contribution in [1.29, 1.82) is 0 Å². The second-order valence-electron chi connectivity index (χ2n) is 5.47. The lowest BCUT2D eigenvalue weighted by molar-refractivity contribution is 0.183. The van der Waals surface area contributed by atoms with Crippen molar-refractivity contribution in [1.82, 2.24) is 29.3 Å². The van der Waals surface area contributed by atoms with Gasteiger partial charge in [-0.25, -0.2) is 9.97 Å².